The van der Waals surface area contributed by atoms with E-state index in [-0.39, 0.29) is 10.9 Å². The molecule has 0 aliphatic rings. The maximum atomic E-state index is 5.87. The van der Waals surface area contributed by atoms with E-state index in [4.69, 9.17) is 11.6 Å². The molecule has 0 spiro atoms. The first-order chi connectivity index (χ1) is 7.75. The van der Waals surface area contributed by atoms with Crippen molar-refractivity contribution in [1.29, 1.82) is 0 Å². The van der Waals surface area contributed by atoms with Crippen molar-refractivity contribution in [2.45, 2.75) is 10.6 Å². The zero-order chi connectivity index (χ0) is 11.4. The van der Waals surface area contributed by atoms with Gasteiger partial charge in [-0.2, -0.15) is 0 Å². The molecule has 2 heteroatoms. The molecule has 0 bridgehead atoms. The second kappa shape index (κ2) is 5.42. The summed E-state index contributed by atoms with van der Waals surface area (Å²) in [7, 11) is 0.266. The molecular formula is C14H14ClS+. The smallest absolute Gasteiger partial charge is 0.0843 e. The van der Waals surface area contributed by atoms with Gasteiger partial charge in [0.05, 0.1) is 0 Å². The summed E-state index contributed by atoms with van der Waals surface area (Å²) in [6.07, 6.45) is 2.28. The first-order valence-corrected chi connectivity index (χ1v) is 7.36. The summed E-state index contributed by atoms with van der Waals surface area (Å²) < 4.78 is 0. The SMILES string of the molecule is C[S+](Cc1ccc(Cl)cc1)c1ccccc1. The summed E-state index contributed by atoms with van der Waals surface area (Å²) in [6, 6.07) is 18.8. The van der Waals surface area contributed by atoms with Gasteiger partial charge >= 0.3 is 0 Å². The molecule has 0 fully saturated rings. The Balaban J connectivity index is 2.08. The Labute approximate surface area is 105 Å². The van der Waals surface area contributed by atoms with Crippen molar-refractivity contribution >= 4 is 22.5 Å². The second-order valence-corrected chi connectivity index (χ2v) is 6.19. The molecule has 0 aliphatic heterocycles. The predicted octanol–water partition coefficient (Wildman–Crippen LogP) is 4.15. The molecule has 2 aromatic rings. The van der Waals surface area contributed by atoms with E-state index >= 15 is 0 Å². The van der Waals surface area contributed by atoms with Crippen molar-refractivity contribution in [1.82, 2.24) is 0 Å². The molecular weight excluding hydrogens is 236 g/mol. The highest BCUT2D eigenvalue weighted by Crippen LogP contribution is 2.17. The van der Waals surface area contributed by atoms with Gasteiger partial charge in [0.15, 0.2) is 4.90 Å². The molecule has 0 N–H and O–H groups in total. The lowest BCUT2D eigenvalue weighted by atomic mass is 10.2. The van der Waals surface area contributed by atoms with Crippen LogP contribution in [0.4, 0.5) is 0 Å². The molecule has 0 aromatic heterocycles. The van der Waals surface area contributed by atoms with Gasteiger partial charge in [0.2, 0.25) is 0 Å². The molecule has 0 amide bonds. The van der Waals surface area contributed by atoms with Gasteiger partial charge in [-0.05, 0) is 24.3 Å². The molecule has 0 nitrogen and oxygen atoms in total. The van der Waals surface area contributed by atoms with Crippen LogP contribution < -0.4 is 0 Å². The van der Waals surface area contributed by atoms with Crippen LogP contribution >= 0.6 is 11.6 Å². The lowest BCUT2D eigenvalue weighted by Crippen LogP contribution is -2.03. The van der Waals surface area contributed by atoms with E-state index < -0.39 is 0 Å². The van der Waals surface area contributed by atoms with Crippen LogP contribution in [0, 0.1) is 0 Å². The fourth-order valence-corrected chi connectivity index (χ4v) is 3.17. The van der Waals surface area contributed by atoms with Crippen molar-refractivity contribution in [2.75, 3.05) is 6.26 Å². The van der Waals surface area contributed by atoms with Gasteiger partial charge in [0, 0.05) is 21.5 Å². The molecule has 0 saturated carbocycles. The van der Waals surface area contributed by atoms with Crippen LogP contribution in [-0.2, 0) is 16.6 Å². The Kier molecular flexibility index (Phi) is 3.92. The maximum Gasteiger partial charge on any atom is 0.154 e. The highest BCUT2D eigenvalue weighted by Gasteiger charge is 2.15. The Hall–Kier alpha value is -0.920. The average molecular weight is 250 g/mol. The van der Waals surface area contributed by atoms with Gasteiger partial charge in [0.1, 0.15) is 12.0 Å². The van der Waals surface area contributed by atoms with E-state index in [1.54, 1.807) is 0 Å². The molecule has 0 saturated heterocycles. The molecule has 1 atom stereocenters. The van der Waals surface area contributed by atoms with E-state index in [2.05, 4.69) is 48.7 Å². The van der Waals surface area contributed by atoms with Crippen molar-refractivity contribution < 1.29 is 0 Å². The fraction of sp³-hybridized carbons (Fsp3) is 0.143. The highest BCUT2D eigenvalue weighted by molar-refractivity contribution is 7.95. The first kappa shape index (κ1) is 11.6. The normalized spacial score (nSPS) is 12.4. The van der Waals surface area contributed by atoms with Gasteiger partial charge in [0.25, 0.3) is 0 Å². The molecule has 1 unspecified atom stereocenters. The van der Waals surface area contributed by atoms with Crippen LogP contribution in [-0.4, -0.2) is 6.26 Å². The zero-order valence-electron chi connectivity index (χ0n) is 9.19. The highest BCUT2D eigenvalue weighted by atomic mass is 35.5. The van der Waals surface area contributed by atoms with Crippen molar-refractivity contribution in [2.24, 2.45) is 0 Å². The van der Waals surface area contributed by atoms with Crippen molar-refractivity contribution in [3.63, 3.8) is 0 Å². The third-order valence-corrected chi connectivity index (χ3v) is 4.54. The lowest BCUT2D eigenvalue weighted by molar-refractivity contribution is 1.36. The summed E-state index contributed by atoms with van der Waals surface area (Å²) in [5.41, 5.74) is 1.35. The van der Waals surface area contributed by atoms with Crippen LogP contribution in [0.5, 0.6) is 0 Å². The van der Waals surface area contributed by atoms with E-state index in [0.717, 1.165) is 10.8 Å². The predicted molar refractivity (Wildman–Crippen MR) is 73.2 cm³/mol. The molecule has 82 valence electrons. The molecule has 2 aromatic carbocycles. The number of benzene rings is 2. The third kappa shape index (κ3) is 3.03. The Morgan fingerprint density at radius 1 is 0.938 bits per heavy atom. The van der Waals surface area contributed by atoms with Crippen LogP contribution in [0.2, 0.25) is 5.02 Å². The van der Waals surface area contributed by atoms with E-state index in [0.29, 0.717) is 0 Å². The molecule has 16 heavy (non-hydrogen) atoms. The Morgan fingerprint density at radius 3 is 2.19 bits per heavy atom. The minimum Gasteiger partial charge on any atom is -0.0843 e. The van der Waals surface area contributed by atoms with Gasteiger partial charge in [-0.1, -0.05) is 41.9 Å². The number of rotatable bonds is 3. The van der Waals surface area contributed by atoms with E-state index in [1.807, 2.05) is 12.1 Å². The van der Waals surface area contributed by atoms with E-state index in [1.165, 1.54) is 10.5 Å². The van der Waals surface area contributed by atoms with Crippen molar-refractivity contribution in [3.8, 4) is 0 Å². The third-order valence-electron chi connectivity index (χ3n) is 2.44. The average Bonchev–Trinajstić information content (AvgIpc) is 2.33. The van der Waals surface area contributed by atoms with Crippen LogP contribution in [0.25, 0.3) is 0 Å². The number of hydrogen-bond acceptors (Lipinski definition) is 0. The Morgan fingerprint density at radius 2 is 1.56 bits per heavy atom. The molecule has 0 radical (unpaired) electrons. The van der Waals surface area contributed by atoms with Gasteiger partial charge in [-0.3, -0.25) is 0 Å². The monoisotopic (exact) mass is 249 g/mol. The minimum atomic E-state index is 0.266. The maximum absolute atomic E-state index is 5.87. The quantitative estimate of drug-likeness (QED) is 0.717. The van der Waals surface area contributed by atoms with E-state index in [9.17, 15) is 0 Å². The molecule has 0 aliphatic carbocycles. The van der Waals surface area contributed by atoms with Crippen LogP contribution in [0.1, 0.15) is 5.56 Å². The van der Waals surface area contributed by atoms with Gasteiger partial charge < -0.3 is 0 Å². The number of hydrogen-bond donors (Lipinski definition) is 0. The standard InChI is InChI=1S/C14H14ClS/c1-16(14-5-3-2-4-6-14)11-12-7-9-13(15)10-8-12/h2-10H,11H2,1H3/q+1. The molecule has 2 rings (SSSR count). The van der Waals surface area contributed by atoms with Crippen LogP contribution in [0.15, 0.2) is 59.5 Å². The summed E-state index contributed by atoms with van der Waals surface area (Å²) >= 11 is 5.87. The Bertz CT molecular complexity index is 436. The lowest BCUT2D eigenvalue weighted by Gasteiger charge is -2.03. The van der Waals surface area contributed by atoms with Gasteiger partial charge in [-0.25, -0.2) is 0 Å². The summed E-state index contributed by atoms with van der Waals surface area (Å²) in [4.78, 5) is 1.41. The summed E-state index contributed by atoms with van der Waals surface area (Å²) in [5.74, 6) is 1.08. The summed E-state index contributed by atoms with van der Waals surface area (Å²) in [6.45, 7) is 0. The van der Waals surface area contributed by atoms with Gasteiger partial charge in [-0.15, -0.1) is 0 Å². The zero-order valence-corrected chi connectivity index (χ0v) is 10.8. The second-order valence-electron chi connectivity index (χ2n) is 3.72. The van der Waals surface area contributed by atoms with Crippen LogP contribution in [0.3, 0.4) is 0 Å². The van der Waals surface area contributed by atoms with Crippen molar-refractivity contribution in [3.05, 3.63) is 65.2 Å². The topological polar surface area (TPSA) is 0 Å². The number of halogens is 1. The summed E-state index contributed by atoms with van der Waals surface area (Å²) in [5, 5.41) is 0.805. The molecule has 0 heterocycles. The fourth-order valence-electron chi connectivity index (χ4n) is 1.57. The largest absolute Gasteiger partial charge is 0.154 e. The first-order valence-electron chi connectivity index (χ1n) is 5.18. The minimum absolute atomic E-state index is 0.266.